The van der Waals surface area contributed by atoms with Crippen LogP contribution in [0.15, 0.2) is 0 Å². The second-order valence-electron chi connectivity index (χ2n) is 4.33. The van der Waals surface area contributed by atoms with Gasteiger partial charge in [-0.2, -0.15) is 13.2 Å². The average Bonchev–Trinajstić information content (AvgIpc) is 2.92. The number of nitrogens with one attached hydrogen (secondary N) is 1. The maximum atomic E-state index is 11.8. The molecule has 0 bridgehead atoms. The number of amides is 1. The molecule has 1 aliphatic carbocycles. The first-order valence-electron chi connectivity index (χ1n) is 5.26. The molecule has 0 heterocycles. The smallest absolute Gasteiger partial charge is 0.356 e. The first kappa shape index (κ1) is 13.8. The zero-order valence-electron chi connectivity index (χ0n) is 8.87. The highest BCUT2D eigenvalue weighted by atomic mass is 79.9. The summed E-state index contributed by atoms with van der Waals surface area (Å²) in [5.41, 5.74) is 0.150. The van der Waals surface area contributed by atoms with Gasteiger partial charge in [0.15, 0.2) is 0 Å². The van der Waals surface area contributed by atoms with Crippen molar-refractivity contribution in [3.63, 3.8) is 0 Å². The minimum atomic E-state index is -4.25. The van der Waals surface area contributed by atoms with Crippen LogP contribution >= 0.6 is 15.9 Å². The number of carbonyl (C=O) groups excluding carboxylic acids is 1. The number of hydrogen-bond acceptors (Lipinski definition) is 1. The van der Waals surface area contributed by atoms with E-state index in [9.17, 15) is 18.0 Å². The van der Waals surface area contributed by atoms with Crippen LogP contribution in [0, 0.1) is 5.41 Å². The lowest BCUT2D eigenvalue weighted by Crippen LogP contribution is -2.31. The van der Waals surface area contributed by atoms with Gasteiger partial charge >= 0.3 is 6.18 Å². The lowest BCUT2D eigenvalue weighted by Gasteiger charge is -2.14. The Morgan fingerprint density at radius 1 is 1.38 bits per heavy atom. The van der Waals surface area contributed by atoms with E-state index < -0.39 is 24.9 Å². The highest BCUT2D eigenvalue weighted by Crippen LogP contribution is 2.48. The van der Waals surface area contributed by atoms with Gasteiger partial charge in [0.1, 0.15) is 0 Å². The van der Waals surface area contributed by atoms with Gasteiger partial charge in [-0.25, -0.2) is 0 Å². The summed E-state index contributed by atoms with van der Waals surface area (Å²) in [5.74, 6) is -0.502. The Morgan fingerprint density at radius 3 is 2.44 bits per heavy atom. The third kappa shape index (κ3) is 5.18. The number of carbonyl (C=O) groups is 1. The zero-order valence-corrected chi connectivity index (χ0v) is 10.5. The molecule has 0 atom stereocenters. The molecule has 1 rings (SSSR count). The molecule has 6 heteroatoms. The highest BCUT2D eigenvalue weighted by molar-refractivity contribution is 9.09. The van der Waals surface area contributed by atoms with Crippen LogP contribution in [-0.2, 0) is 4.79 Å². The molecule has 2 nitrogen and oxygen atoms in total. The molecule has 1 aliphatic rings. The fourth-order valence-electron chi connectivity index (χ4n) is 1.52. The topological polar surface area (TPSA) is 29.1 Å². The van der Waals surface area contributed by atoms with Crippen molar-refractivity contribution in [3.8, 4) is 0 Å². The second-order valence-corrected chi connectivity index (χ2v) is 5.12. The molecule has 1 amide bonds. The Morgan fingerprint density at radius 2 is 2.00 bits per heavy atom. The quantitative estimate of drug-likeness (QED) is 0.751. The van der Waals surface area contributed by atoms with Crippen LogP contribution in [0.1, 0.15) is 32.1 Å². The van der Waals surface area contributed by atoms with E-state index in [1.807, 2.05) is 0 Å². The van der Waals surface area contributed by atoms with Crippen LogP contribution in [0.25, 0.3) is 0 Å². The van der Waals surface area contributed by atoms with Gasteiger partial charge in [-0.05, 0) is 24.7 Å². The van der Waals surface area contributed by atoms with Crippen LogP contribution in [0.3, 0.4) is 0 Å². The van der Waals surface area contributed by atoms with E-state index in [1.54, 1.807) is 0 Å². The van der Waals surface area contributed by atoms with Crippen molar-refractivity contribution in [1.82, 2.24) is 5.32 Å². The van der Waals surface area contributed by atoms with Crippen molar-refractivity contribution in [2.75, 3.05) is 11.9 Å². The first-order chi connectivity index (χ1) is 7.37. The van der Waals surface area contributed by atoms with E-state index in [0.29, 0.717) is 6.54 Å². The van der Waals surface area contributed by atoms with Crippen molar-refractivity contribution in [1.29, 1.82) is 0 Å². The lowest BCUT2D eigenvalue weighted by molar-refractivity contribution is -0.144. The summed E-state index contributed by atoms with van der Waals surface area (Å²) >= 11 is 3.33. The van der Waals surface area contributed by atoms with Crippen molar-refractivity contribution in [3.05, 3.63) is 0 Å². The Hall–Kier alpha value is -0.260. The molecule has 0 saturated heterocycles. The SMILES string of the molecule is O=C(CCC(F)(F)F)NCC1(CCBr)CC1. The van der Waals surface area contributed by atoms with E-state index in [1.165, 1.54) is 0 Å². The van der Waals surface area contributed by atoms with Gasteiger partial charge in [-0.3, -0.25) is 4.79 Å². The third-order valence-electron chi connectivity index (χ3n) is 2.88. The fraction of sp³-hybridized carbons (Fsp3) is 0.900. The number of alkyl halides is 4. The molecule has 0 aromatic rings. The molecule has 0 aliphatic heterocycles. The Kier molecular flexibility index (Phi) is 4.64. The molecule has 0 aromatic carbocycles. The standard InChI is InChI=1S/C10H15BrF3NO/c11-6-5-9(3-4-9)7-15-8(16)1-2-10(12,13)14/h1-7H2,(H,15,16). The molecule has 0 radical (unpaired) electrons. The Balaban J connectivity index is 2.16. The van der Waals surface area contributed by atoms with Crippen molar-refractivity contribution < 1.29 is 18.0 Å². The van der Waals surface area contributed by atoms with Gasteiger partial charge in [0.05, 0.1) is 6.42 Å². The van der Waals surface area contributed by atoms with E-state index >= 15 is 0 Å². The summed E-state index contributed by atoms with van der Waals surface area (Å²) in [7, 11) is 0. The molecule has 94 valence electrons. The molecule has 0 aromatic heterocycles. The van der Waals surface area contributed by atoms with E-state index in [-0.39, 0.29) is 5.41 Å². The molecule has 16 heavy (non-hydrogen) atoms. The number of hydrogen-bond donors (Lipinski definition) is 1. The highest BCUT2D eigenvalue weighted by Gasteiger charge is 2.41. The summed E-state index contributed by atoms with van der Waals surface area (Å²) in [4.78, 5) is 11.1. The summed E-state index contributed by atoms with van der Waals surface area (Å²) in [6, 6.07) is 0. The second kappa shape index (κ2) is 5.38. The molecule has 1 N–H and O–H groups in total. The first-order valence-corrected chi connectivity index (χ1v) is 6.38. The molecule has 0 spiro atoms. The van der Waals surface area contributed by atoms with Gasteiger partial charge in [-0.15, -0.1) is 0 Å². The van der Waals surface area contributed by atoms with Crippen LogP contribution in [0.4, 0.5) is 13.2 Å². The summed E-state index contributed by atoms with van der Waals surface area (Å²) in [6.45, 7) is 0.509. The fourth-order valence-corrected chi connectivity index (χ4v) is 2.36. The van der Waals surface area contributed by atoms with Crippen molar-refractivity contribution >= 4 is 21.8 Å². The number of halogens is 4. The van der Waals surface area contributed by atoms with E-state index in [2.05, 4.69) is 21.2 Å². The molecule has 1 saturated carbocycles. The summed E-state index contributed by atoms with van der Waals surface area (Å²) in [5, 5.41) is 3.45. The monoisotopic (exact) mass is 301 g/mol. The van der Waals surface area contributed by atoms with Gasteiger partial charge < -0.3 is 5.32 Å². The lowest BCUT2D eigenvalue weighted by atomic mass is 10.0. The Bertz CT molecular complexity index is 251. The maximum absolute atomic E-state index is 11.8. The van der Waals surface area contributed by atoms with E-state index in [0.717, 1.165) is 24.6 Å². The minimum Gasteiger partial charge on any atom is -0.356 e. The minimum absolute atomic E-state index is 0.150. The van der Waals surface area contributed by atoms with Crippen molar-refractivity contribution in [2.24, 2.45) is 5.41 Å². The average molecular weight is 302 g/mol. The zero-order chi connectivity index (χ0) is 12.2. The van der Waals surface area contributed by atoms with Crippen molar-refractivity contribution in [2.45, 2.75) is 38.3 Å². The normalized spacial score (nSPS) is 18.2. The predicted molar refractivity (Wildman–Crippen MR) is 58.4 cm³/mol. The van der Waals surface area contributed by atoms with Crippen LogP contribution < -0.4 is 5.32 Å². The van der Waals surface area contributed by atoms with E-state index in [4.69, 9.17) is 0 Å². The van der Waals surface area contributed by atoms with Crippen LogP contribution in [0.2, 0.25) is 0 Å². The number of rotatable bonds is 6. The van der Waals surface area contributed by atoms with Gasteiger partial charge in [-0.1, -0.05) is 15.9 Å². The molecule has 0 unspecified atom stereocenters. The predicted octanol–water partition coefficient (Wildman–Crippen LogP) is 3.01. The molecular formula is C10H15BrF3NO. The molecule has 1 fully saturated rings. The van der Waals surface area contributed by atoms with Gasteiger partial charge in [0, 0.05) is 18.3 Å². The maximum Gasteiger partial charge on any atom is 0.389 e. The van der Waals surface area contributed by atoms with Crippen LogP contribution in [0.5, 0.6) is 0 Å². The molecular weight excluding hydrogens is 287 g/mol. The summed E-state index contributed by atoms with van der Waals surface area (Å²) in [6.07, 6.45) is -2.68. The third-order valence-corrected chi connectivity index (χ3v) is 3.27. The van der Waals surface area contributed by atoms with Crippen LogP contribution in [-0.4, -0.2) is 24.0 Å². The summed E-state index contributed by atoms with van der Waals surface area (Å²) < 4.78 is 35.5. The largest absolute Gasteiger partial charge is 0.389 e. The van der Waals surface area contributed by atoms with Gasteiger partial charge in [0.25, 0.3) is 0 Å². The van der Waals surface area contributed by atoms with Gasteiger partial charge in [0.2, 0.25) is 5.91 Å². The Labute approximate surface area is 101 Å².